The minimum atomic E-state index is -0.817. The number of carbonyl (C=O) groups is 1. The summed E-state index contributed by atoms with van der Waals surface area (Å²) < 4.78 is 0.668. The summed E-state index contributed by atoms with van der Waals surface area (Å²) in [7, 11) is 0. The summed E-state index contributed by atoms with van der Waals surface area (Å²) in [6.07, 6.45) is 5.31. The maximum Gasteiger partial charge on any atom is 0.240 e. The number of nitrogens with one attached hydrogen (secondary N) is 3. The number of carbonyl (C=O) groups excluding carboxylic acids is 1. The van der Waals surface area contributed by atoms with E-state index in [1.54, 1.807) is 12.4 Å². The Balaban J connectivity index is 1.28. The lowest BCUT2D eigenvalue weighted by molar-refractivity contribution is -0.121. The maximum atomic E-state index is 13.3. The highest BCUT2D eigenvalue weighted by molar-refractivity contribution is 9.11. The first kappa shape index (κ1) is 23.7. The highest BCUT2D eigenvalue weighted by atomic mass is 79.9. The molecule has 0 saturated carbocycles. The Bertz CT molecular complexity index is 1480. The number of aromatic amines is 1. The van der Waals surface area contributed by atoms with E-state index in [4.69, 9.17) is 15.5 Å². The number of amidine groups is 1. The van der Waals surface area contributed by atoms with Crippen molar-refractivity contribution in [2.75, 3.05) is 44.2 Å². The van der Waals surface area contributed by atoms with Crippen LogP contribution < -0.4 is 10.2 Å². The van der Waals surface area contributed by atoms with E-state index in [0.29, 0.717) is 33.7 Å². The van der Waals surface area contributed by atoms with Crippen molar-refractivity contribution in [2.24, 2.45) is 10.9 Å². The quantitative estimate of drug-likeness (QED) is 0.378. The molecule has 11 heteroatoms. The second kappa shape index (κ2) is 9.66. The number of aliphatic imine (C=N–C) groups is 1. The molecule has 2 aliphatic heterocycles. The fraction of sp³-hybridized carbons (Fsp3) is 0.269. The maximum absolute atomic E-state index is 13.3. The van der Waals surface area contributed by atoms with Crippen molar-refractivity contribution in [3.63, 3.8) is 0 Å². The van der Waals surface area contributed by atoms with Gasteiger partial charge in [-0.2, -0.15) is 5.10 Å². The van der Waals surface area contributed by atoms with Crippen molar-refractivity contribution >= 4 is 55.7 Å². The Morgan fingerprint density at radius 2 is 1.97 bits per heavy atom. The molecule has 1 unspecified atom stereocenters. The van der Waals surface area contributed by atoms with Gasteiger partial charge in [-0.1, -0.05) is 12.1 Å². The average Bonchev–Trinajstić information content (AvgIpc) is 3.40. The van der Waals surface area contributed by atoms with Gasteiger partial charge in [0.05, 0.1) is 29.7 Å². The molecule has 10 nitrogen and oxygen atoms in total. The van der Waals surface area contributed by atoms with Crippen LogP contribution in [0.5, 0.6) is 0 Å². The number of β-amino-alcohol motifs (C(OH)–C–C–N with tert-alkyl or cyclic N) is 1. The predicted octanol–water partition coefficient (Wildman–Crippen LogP) is 2.29. The Hall–Kier alpha value is -3.67. The first-order chi connectivity index (χ1) is 18.0. The number of fused-ring (bicyclic) bond motifs is 2. The number of hydrogen-bond donors (Lipinski definition) is 4. The van der Waals surface area contributed by atoms with Crippen molar-refractivity contribution < 1.29 is 9.90 Å². The van der Waals surface area contributed by atoms with E-state index in [2.05, 4.69) is 46.2 Å². The first-order valence-corrected chi connectivity index (χ1v) is 12.9. The number of aliphatic hydroxyl groups excluding tert-OH is 1. The Morgan fingerprint density at radius 3 is 2.73 bits per heavy atom. The van der Waals surface area contributed by atoms with E-state index in [-0.39, 0.29) is 18.2 Å². The standard InChI is InChI=1S/C26H25BrN8O2/c27-19-12-17(16-2-1-3-20-18(16)14-30-33-20)23(28)22-24(19)31-25(32-26(22)37)15-4-5-21(29-13-15)35-8-6-34(7-9-35)10-11-36/h1-5,12-14,22,28,36H,6-11H2,(H,30,33)(H,31,32,37). The van der Waals surface area contributed by atoms with Crippen LogP contribution in [0.25, 0.3) is 16.5 Å². The zero-order chi connectivity index (χ0) is 25.5. The van der Waals surface area contributed by atoms with Crippen LogP contribution in [0.1, 0.15) is 11.1 Å². The van der Waals surface area contributed by atoms with Crippen LogP contribution in [0.15, 0.2) is 64.0 Å². The molecular formula is C26H25BrN8O2. The van der Waals surface area contributed by atoms with Gasteiger partial charge >= 0.3 is 0 Å². The molecule has 1 saturated heterocycles. The van der Waals surface area contributed by atoms with Crippen molar-refractivity contribution in [1.29, 1.82) is 5.41 Å². The molecule has 4 heterocycles. The smallest absolute Gasteiger partial charge is 0.240 e. The van der Waals surface area contributed by atoms with Gasteiger partial charge < -0.3 is 20.7 Å². The molecule has 3 aliphatic rings. The number of H-pyrrole nitrogens is 1. The Labute approximate surface area is 221 Å². The van der Waals surface area contributed by atoms with Gasteiger partial charge in [0.15, 0.2) is 0 Å². The van der Waals surface area contributed by atoms with E-state index in [0.717, 1.165) is 48.5 Å². The molecule has 0 radical (unpaired) electrons. The molecule has 0 bridgehead atoms. The molecule has 0 spiro atoms. The highest BCUT2D eigenvalue weighted by Gasteiger charge is 2.38. The van der Waals surface area contributed by atoms with E-state index in [1.165, 1.54) is 0 Å². The normalized spacial score (nSPS) is 20.6. The second-order valence-electron chi connectivity index (χ2n) is 9.18. The largest absolute Gasteiger partial charge is 0.395 e. The third-order valence-corrected chi connectivity index (χ3v) is 7.65. The topological polar surface area (TPSA) is 134 Å². The molecule has 1 fully saturated rings. The fourth-order valence-electron chi connectivity index (χ4n) is 5.04. The number of allylic oxidation sites excluding steroid dienone is 3. The molecule has 3 aromatic rings. The summed E-state index contributed by atoms with van der Waals surface area (Å²) >= 11 is 3.61. The van der Waals surface area contributed by atoms with Crippen LogP contribution in [0.3, 0.4) is 0 Å². The van der Waals surface area contributed by atoms with Crippen molar-refractivity contribution in [3.05, 3.63) is 70.1 Å². The van der Waals surface area contributed by atoms with E-state index < -0.39 is 5.92 Å². The van der Waals surface area contributed by atoms with Crippen LogP contribution in [-0.2, 0) is 4.79 Å². The van der Waals surface area contributed by atoms with E-state index in [9.17, 15) is 4.79 Å². The lowest BCUT2D eigenvalue weighted by Crippen LogP contribution is -2.47. The SMILES string of the molecule is N=C1C(c2cccc3[nH]ncc23)=CC(Br)=C2N=C(c3ccc(N4CCN(CCO)CC4)nc3)NC(=O)C12. The summed E-state index contributed by atoms with van der Waals surface area (Å²) in [4.78, 5) is 27.1. The number of halogens is 1. The number of nitrogens with zero attached hydrogens (tertiary/aromatic N) is 5. The third-order valence-electron chi connectivity index (χ3n) is 7.01. The summed E-state index contributed by atoms with van der Waals surface area (Å²) in [5, 5.41) is 28.9. The van der Waals surface area contributed by atoms with Gasteiger partial charge in [-0.25, -0.2) is 9.98 Å². The molecule has 6 rings (SSSR count). The molecular weight excluding hydrogens is 536 g/mol. The number of pyridine rings is 1. The third kappa shape index (κ3) is 4.28. The number of aliphatic hydroxyl groups is 1. The van der Waals surface area contributed by atoms with Crippen LogP contribution in [0, 0.1) is 11.3 Å². The summed E-state index contributed by atoms with van der Waals surface area (Å²) in [6.45, 7) is 4.31. The van der Waals surface area contributed by atoms with E-state index >= 15 is 0 Å². The van der Waals surface area contributed by atoms with Gasteiger partial charge in [-0.3, -0.25) is 14.8 Å². The lowest BCUT2D eigenvalue weighted by Gasteiger charge is -2.35. The fourth-order valence-corrected chi connectivity index (χ4v) is 5.58. The second-order valence-corrected chi connectivity index (χ2v) is 10.0. The summed E-state index contributed by atoms with van der Waals surface area (Å²) in [5.74, 6) is 0.175. The number of piperazine rings is 1. The molecule has 4 N–H and O–H groups in total. The molecule has 2 aromatic heterocycles. The number of anilines is 1. The molecule has 1 amide bonds. The van der Waals surface area contributed by atoms with Crippen LogP contribution in [-0.4, -0.2) is 82.0 Å². The Kier molecular flexibility index (Phi) is 6.19. The van der Waals surface area contributed by atoms with Crippen molar-refractivity contribution in [2.45, 2.75) is 0 Å². The number of benzene rings is 1. The van der Waals surface area contributed by atoms with Gasteiger partial charge in [0.1, 0.15) is 17.6 Å². The van der Waals surface area contributed by atoms with Crippen LogP contribution in [0.4, 0.5) is 5.82 Å². The average molecular weight is 561 g/mol. The molecule has 1 aliphatic carbocycles. The zero-order valence-electron chi connectivity index (χ0n) is 19.9. The van der Waals surface area contributed by atoms with Gasteiger partial charge in [-0.05, 0) is 45.8 Å². The summed E-state index contributed by atoms with van der Waals surface area (Å²) in [6, 6.07) is 9.60. The van der Waals surface area contributed by atoms with Crippen molar-refractivity contribution in [1.82, 2.24) is 25.4 Å². The molecule has 1 aromatic carbocycles. The minimum absolute atomic E-state index is 0.172. The van der Waals surface area contributed by atoms with Gasteiger partial charge in [0.25, 0.3) is 0 Å². The molecule has 37 heavy (non-hydrogen) atoms. The highest BCUT2D eigenvalue weighted by Crippen LogP contribution is 2.39. The monoisotopic (exact) mass is 560 g/mol. The minimum Gasteiger partial charge on any atom is -0.395 e. The van der Waals surface area contributed by atoms with Crippen LogP contribution in [0.2, 0.25) is 0 Å². The predicted molar refractivity (Wildman–Crippen MR) is 146 cm³/mol. The lowest BCUT2D eigenvalue weighted by atomic mass is 9.83. The molecule has 1 atom stereocenters. The number of aromatic nitrogens is 3. The van der Waals surface area contributed by atoms with Crippen LogP contribution >= 0.6 is 15.9 Å². The first-order valence-electron chi connectivity index (χ1n) is 12.1. The molecule has 188 valence electrons. The Morgan fingerprint density at radius 1 is 1.14 bits per heavy atom. The van der Waals surface area contributed by atoms with E-state index in [1.807, 2.05) is 36.4 Å². The van der Waals surface area contributed by atoms with Gasteiger partial charge in [0, 0.05) is 59.9 Å². The van der Waals surface area contributed by atoms with Gasteiger partial charge in [-0.15, -0.1) is 0 Å². The number of amides is 1. The van der Waals surface area contributed by atoms with Gasteiger partial charge in [0.2, 0.25) is 5.91 Å². The zero-order valence-corrected chi connectivity index (χ0v) is 21.5. The number of rotatable bonds is 5. The summed E-state index contributed by atoms with van der Waals surface area (Å²) in [5.41, 5.74) is 3.77. The number of hydrogen-bond acceptors (Lipinski definition) is 8. The van der Waals surface area contributed by atoms with Crippen molar-refractivity contribution in [3.8, 4) is 0 Å².